The lowest BCUT2D eigenvalue weighted by atomic mass is 10.1. The molecule has 0 spiro atoms. The van der Waals surface area contributed by atoms with Crippen molar-refractivity contribution in [2.24, 2.45) is 5.92 Å². The second kappa shape index (κ2) is 10.6. The van der Waals surface area contributed by atoms with Crippen LogP contribution in [0.3, 0.4) is 0 Å². The van der Waals surface area contributed by atoms with E-state index in [1.807, 2.05) is 61.5 Å². The first kappa shape index (κ1) is 26.3. The van der Waals surface area contributed by atoms with Crippen molar-refractivity contribution in [1.29, 1.82) is 0 Å². The fraction of sp³-hybridized carbons (Fsp3) is 0.250. The van der Waals surface area contributed by atoms with E-state index < -0.39 is 21.9 Å². The molecule has 3 unspecified atom stereocenters. The van der Waals surface area contributed by atoms with E-state index in [0.29, 0.717) is 13.0 Å². The number of aromatic nitrogens is 1. The van der Waals surface area contributed by atoms with E-state index in [1.54, 1.807) is 4.90 Å². The first-order chi connectivity index (χ1) is 19.3. The number of benzene rings is 3. The van der Waals surface area contributed by atoms with Gasteiger partial charge in [0.15, 0.2) is 0 Å². The second-order valence-electron chi connectivity index (χ2n) is 10.6. The number of amides is 1. The summed E-state index contributed by atoms with van der Waals surface area (Å²) in [6.45, 7) is 2.25. The van der Waals surface area contributed by atoms with Crippen LogP contribution in [-0.4, -0.2) is 19.3 Å². The molecule has 1 amide bonds. The predicted octanol–water partition coefficient (Wildman–Crippen LogP) is 5.83. The summed E-state index contributed by atoms with van der Waals surface area (Å²) >= 11 is 0. The van der Waals surface area contributed by atoms with Crippen LogP contribution < -0.4 is 9.62 Å². The number of halogens is 1. The highest BCUT2D eigenvalue weighted by Crippen LogP contribution is 2.49. The average Bonchev–Trinajstić information content (AvgIpc) is 3.67. The molecule has 204 valence electrons. The van der Waals surface area contributed by atoms with Gasteiger partial charge in [-0.25, -0.2) is 17.5 Å². The molecule has 0 saturated heterocycles. The number of rotatable bonds is 8. The summed E-state index contributed by atoms with van der Waals surface area (Å²) in [6, 6.07) is 26.1. The third-order valence-corrected chi connectivity index (χ3v) is 9.30. The van der Waals surface area contributed by atoms with Gasteiger partial charge in [0.25, 0.3) is 0 Å². The fourth-order valence-electron chi connectivity index (χ4n) is 5.63. The highest BCUT2D eigenvalue weighted by atomic mass is 32.2. The van der Waals surface area contributed by atoms with Gasteiger partial charge in [-0.05, 0) is 97.3 Å². The number of hydrogen-bond donors (Lipinski definition) is 1. The average molecular weight is 556 g/mol. The van der Waals surface area contributed by atoms with Gasteiger partial charge < -0.3 is 4.90 Å². The van der Waals surface area contributed by atoms with Gasteiger partial charge in [-0.1, -0.05) is 42.5 Å². The van der Waals surface area contributed by atoms with Crippen molar-refractivity contribution < 1.29 is 17.6 Å². The fourth-order valence-corrected chi connectivity index (χ4v) is 6.88. The first-order valence-corrected chi connectivity index (χ1v) is 15.0. The molecule has 1 heterocycles. The third-order valence-electron chi connectivity index (χ3n) is 7.81. The Balaban J connectivity index is 1.30. The van der Waals surface area contributed by atoms with Crippen LogP contribution in [0, 0.1) is 18.7 Å². The quantitative estimate of drug-likeness (QED) is 0.297. The van der Waals surface area contributed by atoms with Gasteiger partial charge in [-0.3, -0.25) is 9.78 Å². The first-order valence-electron chi connectivity index (χ1n) is 13.5. The van der Waals surface area contributed by atoms with E-state index in [2.05, 4.69) is 21.8 Å². The molecule has 0 bridgehead atoms. The summed E-state index contributed by atoms with van der Waals surface area (Å²) < 4.78 is 42.3. The third kappa shape index (κ3) is 5.42. The smallest absolute Gasteiger partial charge is 0.241 e. The number of aryl methyl sites for hydroxylation is 2. The highest BCUT2D eigenvalue weighted by Gasteiger charge is 2.46. The molecular formula is C32H30FN3O3S. The molecule has 1 N–H and O–H groups in total. The zero-order chi connectivity index (χ0) is 27.9. The van der Waals surface area contributed by atoms with Crippen LogP contribution in [-0.2, 0) is 27.8 Å². The summed E-state index contributed by atoms with van der Waals surface area (Å²) in [6.07, 6.45) is 2.12. The molecule has 1 saturated carbocycles. The van der Waals surface area contributed by atoms with Gasteiger partial charge in [-0.2, -0.15) is 0 Å². The van der Waals surface area contributed by atoms with Gasteiger partial charge in [0, 0.05) is 23.3 Å². The Bertz CT molecular complexity index is 1660. The zero-order valence-corrected chi connectivity index (χ0v) is 22.9. The van der Waals surface area contributed by atoms with Crippen molar-refractivity contribution in [3.05, 3.63) is 125 Å². The van der Waals surface area contributed by atoms with Crippen molar-refractivity contribution >= 4 is 21.6 Å². The molecule has 3 atom stereocenters. The van der Waals surface area contributed by atoms with Gasteiger partial charge in [-0.15, -0.1) is 0 Å². The topological polar surface area (TPSA) is 79.4 Å². The minimum Gasteiger partial charge on any atom is -0.306 e. The van der Waals surface area contributed by atoms with Crippen molar-refractivity contribution in [2.75, 3.05) is 4.90 Å². The maximum atomic E-state index is 14.0. The second-order valence-corrected chi connectivity index (χ2v) is 12.3. The Labute approximate surface area is 233 Å². The maximum Gasteiger partial charge on any atom is 0.241 e. The monoisotopic (exact) mass is 555 g/mol. The van der Waals surface area contributed by atoms with Crippen LogP contribution in [0.1, 0.15) is 52.9 Å². The minimum absolute atomic E-state index is 0.0153. The molecule has 2 aliphatic carbocycles. The number of nitrogens with one attached hydrogen (secondary N) is 1. The van der Waals surface area contributed by atoms with Crippen molar-refractivity contribution in [3.8, 4) is 0 Å². The van der Waals surface area contributed by atoms with Crippen LogP contribution in [0.2, 0.25) is 0 Å². The summed E-state index contributed by atoms with van der Waals surface area (Å²) in [5.41, 5.74) is 5.46. The maximum absolute atomic E-state index is 14.0. The molecule has 8 heteroatoms. The SMILES string of the molecule is Cc1cccc(CN(C(=O)C2CC2c2ccccc2)c2ccc3c(c2)C(NS(=O)(=O)c2ccc(F)cc2)CC3)n1. The number of carbonyl (C=O) groups excluding carboxylic acids is 1. The van der Waals surface area contributed by atoms with Crippen molar-refractivity contribution in [2.45, 2.75) is 49.6 Å². The Kier molecular flexibility index (Phi) is 6.98. The number of carbonyl (C=O) groups is 1. The molecule has 0 aliphatic heterocycles. The number of fused-ring (bicyclic) bond motifs is 1. The van der Waals surface area contributed by atoms with Crippen molar-refractivity contribution in [1.82, 2.24) is 9.71 Å². The van der Waals surface area contributed by atoms with E-state index in [-0.39, 0.29) is 22.6 Å². The van der Waals surface area contributed by atoms with E-state index in [0.717, 1.165) is 53.2 Å². The molecule has 2 aliphatic rings. The lowest BCUT2D eigenvalue weighted by Gasteiger charge is -2.25. The van der Waals surface area contributed by atoms with Gasteiger partial charge >= 0.3 is 0 Å². The lowest BCUT2D eigenvalue weighted by Crippen LogP contribution is -2.33. The Hall–Kier alpha value is -3.88. The number of sulfonamides is 1. The van der Waals surface area contributed by atoms with Crippen LogP contribution in [0.15, 0.2) is 95.9 Å². The summed E-state index contributed by atoms with van der Waals surface area (Å²) in [4.78, 5) is 20.4. The van der Waals surface area contributed by atoms with E-state index in [1.165, 1.54) is 17.7 Å². The molecule has 1 aromatic heterocycles. The lowest BCUT2D eigenvalue weighted by molar-refractivity contribution is -0.120. The van der Waals surface area contributed by atoms with Gasteiger partial charge in [0.2, 0.25) is 15.9 Å². The molecule has 4 aromatic rings. The standard InChI is InChI=1S/C32H30FN3O3S/c1-21-6-5-9-25(34-21)20-36(32(37)30-19-28(30)22-7-3-2-4-8-22)26-14-10-23-11-17-31(29(23)18-26)35-40(38,39)27-15-12-24(33)13-16-27/h2-10,12-16,18,28,30-31,35H,11,17,19-20H2,1H3. The Morgan fingerprint density at radius 3 is 2.52 bits per heavy atom. The molecule has 6 nitrogen and oxygen atoms in total. The summed E-state index contributed by atoms with van der Waals surface area (Å²) in [7, 11) is -3.85. The van der Waals surface area contributed by atoms with Crippen molar-refractivity contribution in [3.63, 3.8) is 0 Å². The minimum atomic E-state index is -3.85. The van der Waals surface area contributed by atoms with Crippen LogP contribution >= 0.6 is 0 Å². The normalized spacial score (nSPS) is 19.7. The number of hydrogen-bond acceptors (Lipinski definition) is 4. The van der Waals surface area contributed by atoms with Crippen LogP contribution in [0.25, 0.3) is 0 Å². The molecular weight excluding hydrogens is 525 g/mol. The molecule has 3 aromatic carbocycles. The van der Waals surface area contributed by atoms with E-state index in [4.69, 9.17) is 0 Å². The number of nitrogens with zero attached hydrogens (tertiary/aromatic N) is 2. The highest BCUT2D eigenvalue weighted by molar-refractivity contribution is 7.89. The van der Waals surface area contributed by atoms with E-state index in [9.17, 15) is 17.6 Å². The largest absolute Gasteiger partial charge is 0.306 e. The summed E-state index contributed by atoms with van der Waals surface area (Å²) in [5, 5.41) is 0. The molecule has 1 fully saturated rings. The molecule has 0 radical (unpaired) electrons. The van der Waals surface area contributed by atoms with Crippen LogP contribution in [0.4, 0.5) is 10.1 Å². The van der Waals surface area contributed by atoms with Gasteiger partial charge in [0.1, 0.15) is 5.82 Å². The van der Waals surface area contributed by atoms with Gasteiger partial charge in [0.05, 0.1) is 17.1 Å². The Morgan fingerprint density at radius 1 is 1.00 bits per heavy atom. The molecule has 40 heavy (non-hydrogen) atoms. The Morgan fingerprint density at radius 2 is 1.77 bits per heavy atom. The zero-order valence-electron chi connectivity index (χ0n) is 22.1. The number of anilines is 1. The number of pyridine rings is 1. The summed E-state index contributed by atoms with van der Waals surface area (Å²) in [5.74, 6) is -0.383. The van der Waals surface area contributed by atoms with Crippen LogP contribution in [0.5, 0.6) is 0 Å². The predicted molar refractivity (Wildman–Crippen MR) is 152 cm³/mol. The van der Waals surface area contributed by atoms with E-state index >= 15 is 0 Å². The molecule has 6 rings (SSSR count).